The molecule has 0 bridgehead atoms. The van der Waals surface area contributed by atoms with Crippen molar-refractivity contribution in [3.05, 3.63) is 0 Å². The van der Waals surface area contributed by atoms with E-state index < -0.39 is 0 Å². The van der Waals surface area contributed by atoms with E-state index in [0.717, 1.165) is 18.5 Å². The number of hydrogen-bond acceptors (Lipinski definition) is 3. The SMILES string of the molecule is CC[PH+]=O.CC[PH+]=O.CC[PH+]=O.Cl.[Au]. The minimum absolute atomic E-state index is 0. The standard InChI is InChI=1S/3C2H5OP.Au.ClH/c3*1-2-4-3;;/h3*2H2,1H3;;1H/p+3. The van der Waals surface area contributed by atoms with Crippen molar-refractivity contribution in [1.29, 1.82) is 0 Å². The minimum Gasteiger partial charge on any atom is -0.147 e. The molecule has 0 heterocycles. The summed E-state index contributed by atoms with van der Waals surface area (Å²) >= 11 is 0. The molecule has 0 aliphatic carbocycles. The first kappa shape index (κ1) is 29.5. The molecule has 0 aliphatic rings. The molecule has 0 aliphatic heterocycles. The average molecular weight is 465 g/mol. The van der Waals surface area contributed by atoms with E-state index in [1.54, 1.807) is 0 Å². The van der Waals surface area contributed by atoms with Crippen LogP contribution < -0.4 is 0 Å². The van der Waals surface area contributed by atoms with Gasteiger partial charge in [-0.2, -0.15) is 0 Å². The molecule has 0 rings (SSSR count). The Morgan fingerprint density at radius 1 is 0.714 bits per heavy atom. The molecule has 0 N–H and O–H groups in total. The predicted molar refractivity (Wildman–Crippen MR) is 65.9 cm³/mol. The molecule has 0 aromatic rings. The minimum atomic E-state index is -0.110. The molecular weight excluding hydrogens is 445 g/mol. The molecule has 0 fully saturated rings. The van der Waals surface area contributed by atoms with E-state index in [1.807, 2.05) is 20.8 Å². The maximum atomic E-state index is 9.33. The Morgan fingerprint density at radius 2 is 0.786 bits per heavy atom. The van der Waals surface area contributed by atoms with E-state index in [1.165, 1.54) is 0 Å². The second kappa shape index (κ2) is 47.4. The third kappa shape index (κ3) is 108. The first-order valence-electron chi connectivity index (χ1n) is 3.79. The molecule has 0 saturated heterocycles. The monoisotopic (exact) mass is 464 g/mol. The maximum absolute atomic E-state index is 9.33. The molecule has 0 spiro atoms. The van der Waals surface area contributed by atoms with Gasteiger partial charge >= 0.3 is 25.4 Å². The predicted octanol–water partition coefficient (Wildman–Crippen LogP) is 3.51. The van der Waals surface area contributed by atoms with Crippen molar-refractivity contribution in [3.63, 3.8) is 0 Å². The van der Waals surface area contributed by atoms with Gasteiger partial charge in [-0.05, 0) is 20.8 Å². The molecule has 0 aromatic carbocycles. The van der Waals surface area contributed by atoms with E-state index in [2.05, 4.69) is 0 Å². The van der Waals surface area contributed by atoms with Crippen LogP contribution in [0.15, 0.2) is 0 Å². The van der Waals surface area contributed by atoms with E-state index in [0.29, 0.717) is 0 Å². The molecule has 3 unspecified atom stereocenters. The van der Waals surface area contributed by atoms with Crippen LogP contribution in [0.2, 0.25) is 0 Å². The number of hydrogen-bond donors (Lipinski definition) is 0. The van der Waals surface area contributed by atoms with Crippen LogP contribution in [0.5, 0.6) is 0 Å². The first-order chi connectivity index (χ1) is 5.74. The molecule has 14 heavy (non-hydrogen) atoms. The van der Waals surface area contributed by atoms with Gasteiger partial charge in [-0.1, -0.05) is 13.7 Å². The van der Waals surface area contributed by atoms with Gasteiger partial charge in [0.2, 0.25) is 0 Å². The topological polar surface area (TPSA) is 51.2 Å². The smallest absolute Gasteiger partial charge is 0.147 e. The summed E-state index contributed by atoms with van der Waals surface area (Å²) in [7, 11) is -0.329. The van der Waals surface area contributed by atoms with Gasteiger partial charge in [0.15, 0.2) is 0 Å². The van der Waals surface area contributed by atoms with Crippen LogP contribution in [0.3, 0.4) is 0 Å². The number of rotatable bonds is 3. The van der Waals surface area contributed by atoms with Crippen molar-refractivity contribution < 1.29 is 36.1 Å². The quantitative estimate of drug-likeness (QED) is 0.475. The third-order valence-corrected chi connectivity index (χ3v) is 1.30. The summed E-state index contributed by atoms with van der Waals surface area (Å²) in [5.74, 6) is 0. The summed E-state index contributed by atoms with van der Waals surface area (Å²) in [4.78, 5) is 0. The fraction of sp³-hybridized carbons (Fsp3) is 1.00. The Balaban J connectivity index is -0.0000000270. The van der Waals surface area contributed by atoms with Gasteiger partial charge in [0.1, 0.15) is 18.5 Å². The van der Waals surface area contributed by atoms with Gasteiger partial charge in [-0.15, -0.1) is 12.4 Å². The summed E-state index contributed by atoms with van der Waals surface area (Å²) in [5, 5.41) is 0. The summed E-state index contributed by atoms with van der Waals surface area (Å²) in [6.07, 6.45) is 2.38. The van der Waals surface area contributed by atoms with E-state index in [9.17, 15) is 13.7 Å². The summed E-state index contributed by atoms with van der Waals surface area (Å²) in [6.45, 7) is 5.64. The molecule has 0 amide bonds. The molecule has 3 atom stereocenters. The Hall–Kier alpha value is 1.33. The number of halogens is 1. The second-order valence-corrected chi connectivity index (χ2v) is 4.48. The molecule has 8 heteroatoms. The van der Waals surface area contributed by atoms with Gasteiger partial charge in [-0.25, -0.2) is 0 Å². The zero-order valence-corrected chi connectivity index (χ0v) is 14.5. The van der Waals surface area contributed by atoms with Crippen LogP contribution >= 0.6 is 37.8 Å². The summed E-state index contributed by atoms with van der Waals surface area (Å²) < 4.78 is 28.0. The Bertz CT molecular complexity index is 89.3. The Labute approximate surface area is 113 Å². The van der Waals surface area contributed by atoms with Gasteiger partial charge in [0.25, 0.3) is 0 Å². The van der Waals surface area contributed by atoms with Crippen LogP contribution in [0.1, 0.15) is 20.8 Å². The van der Waals surface area contributed by atoms with Crippen LogP contribution in [0.25, 0.3) is 0 Å². The van der Waals surface area contributed by atoms with Crippen molar-refractivity contribution in [2.24, 2.45) is 0 Å². The fourth-order valence-electron chi connectivity index (χ4n) is 0. The Kier molecular flexibility index (Phi) is 99.9. The van der Waals surface area contributed by atoms with Crippen molar-refractivity contribution in [2.45, 2.75) is 20.8 Å². The van der Waals surface area contributed by atoms with Crippen molar-refractivity contribution in [1.82, 2.24) is 0 Å². The molecular formula is C6H19AuClO3P3+3. The molecule has 0 aromatic heterocycles. The molecule has 3 nitrogen and oxygen atoms in total. The largest absolute Gasteiger partial charge is 0.324 e. The van der Waals surface area contributed by atoms with E-state index in [-0.39, 0.29) is 60.2 Å². The van der Waals surface area contributed by atoms with Crippen LogP contribution in [0.4, 0.5) is 0 Å². The van der Waals surface area contributed by atoms with Gasteiger partial charge < -0.3 is 0 Å². The van der Waals surface area contributed by atoms with Crippen molar-refractivity contribution in [3.8, 4) is 0 Å². The summed E-state index contributed by atoms with van der Waals surface area (Å²) in [5.41, 5.74) is 0. The van der Waals surface area contributed by atoms with Crippen LogP contribution in [-0.2, 0) is 36.1 Å². The van der Waals surface area contributed by atoms with E-state index in [4.69, 9.17) is 0 Å². The first-order valence-corrected chi connectivity index (χ1v) is 7.14. The maximum Gasteiger partial charge on any atom is 0.324 e. The van der Waals surface area contributed by atoms with Crippen molar-refractivity contribution in [2.75, 3.05) is 18.5 Å². The zero-order chi connectivity index (χ0) is 10.2. The zero-order valence-electron chi connectivity index (χ0n) is 8.56. The average Bonchev–Trinajstić information content (AvgIpc) is 2.18. The van der Waals surface area contributed by atoms with E-state index >= 15 is 0 Å². The van der Waals surface area contributed by atoms with Crippen molar-refractivity contribution >= 4 is 37.8 Å². The fourth-order valence-corrected chi connectivity index (χ4v) is 0. The van der Waals surface area contributed by atoms with Crippen LogP contribution in [-0.4, -0.2) is 18.5 Å². The molecule has 1 radical (unpaired) electrons. The van der Waals surface area contributed by atoms with Gasteiger partial charge in [-0.3, -0.25) is 0 Å². The Morgan fingerprint density at radius 3 is 0.786 bits per heavy atom. The molecule has 91 valence electrons. The van der Waals surface area contributed by atoms with Gasteiger partial charge in [0, 0.05) is 22.4 Å². The molecule has 0 saturated carbocycles. The normalized spacial score (nSPS) is 7.07. The van der Waals surface area contributed by atoms with Gasteiger partial charge in [0.05, 0.1) is 0 Å². The van der Waals surface area contributed by atoms with Crippen LogP contribution in [0, 0.1) is 0 Å². The second-order valence-electron chi connectivity index (χ2n) is 1.49. The summed E-state index contributed by atoms with van der Waals surface area (Å²) in [6, 6.07) is 0. The third-order valence-electron chi connectivity index (χ3n) is 0.433.